The molecule has 0 saturated heterocycles. The van der Waals surface area contributed by atoms with Crippen molar-refractivity contribution in [1.29, 1.82) is 10.5 Å². The minimum Gasteiger partial charge on any atom is -0.306 e. The van der Waals surface area contributed by atoms with Gasteiger partial charge >= 0.3 is 0 Å². The van der Waals surface area contributed by atoms with Crippen LogP contribution >= 0.6 is 127 Å². The van der Waals surface area contributed by atoms with Crippen molar-refractivity contribution in [3.05, 3.63) is 193 Å². The Bertz CT molecular complexity index is 4090. The maximum atomic E-state index is 12.1. The van der Waals surface area contributed by atoms with Gasteiger partial charge in [0.2, 0.25) is 0 Å². The van der Waals surface area contributed by atoms with Crippen LogP contribution in [0.1, 0.15) is 11.1 Å². The summed E-state index contributed by atoms with van der Waals surface area (Å²) in [5.74, 6) is 0. The van der Waals surface area contributed by atoms with Crippen molar-refractivity contribution in [2.45, 2.75) is 0 Å². The highest BCUT2D eigenvalue weighted by Crippen LogP contribution is 2.50. The van der Waals surface area contributed by atoms with Crippen molar-refractivity contribution in [3.8, 4) is 34.9 Å². The molecule has 0 N–H and O–H groups in total. The lowest BCUT2D eigenvalue weighted by Crippen LogP contribution is -2.17. The van der Waals surface area contributed by atoms with E-state index in [-0.39, 0.29) is 11.1 Å². The standard InChI is InChI=1S/C56H24Br8N6/c57-27-1-9-45-35(17-27)36-18-28(58)2-10-46(36)67(45)53-43(25-65)44(26-66)54(68-47-11-3-29(59)19-37(47)38-20-30(60)4-12-48(38)68)56(70-51-15-7-33(63)23-41(51)42-24-34(64)8-16-52(42)70)55(53)69-49-13-5-31(61)21-39(49)40-22-32(62)6-14-50(40)69/h1-24H. The van der Waals surface area contributed by atoms with E-state index in [1.165, 1.54) is 0 Å². The Hall–Kier alpha value is -5.00. The Labute approximate surface area is 465 Å². The normalized spacial score (nSPS) is 12.0. The van der Waals surface area contributed by atoms with Gasteiger partial charge in [-0.3, -0.25) is 0 Å². The van der Waals surface area contributed by atoms with Crippen LogP contribution < -0.4 is 0 Å². The van der Waals surface area contributed by atoms with E-state index in [0.717, 1.165) is 123 Å². The lowest BCUT2D eigenvalue weighted by Gasteiger charge is -2.27. The summed E-state index contributed by atoms with van der Waals surface area (Å²) in [6.45, 7) is 0. The van der Waals surface area contributed by atoms with E-state index in [1.807, 2.05) is 24.3 Å². The minimum atomic E-state index is 0.223. The Morgan fingerprint density at radius 1 is 0.243 bits per heavy atom. The molecule has 14 heteroatoms. The fourth-order valence-electron chi connectivity index (χ4n) is 10.6. The van der Waals surface area contributed by atoms with Gasteiger partial charge in [-0.15, -0.1) is 0 Å². The van der Waals surface area contributed by atoms with E-state index in [9.17, 15) is 10.5 Å². The van der Waals surface area contributed by atoms with Crippen LogP contribution in [-0.2, 0) is 0 Å². The molecule has 4 aromatic heterocycles. The third-order valence-electron chi connectivity index (χ3n) is 13.3. The summed E-state index contributed by atoms with van der Waals surface area (Å²) in [6, 6.07) is 55.9. The molecule has 9 aromatic carbocycles. The fourth-order valence-corrected chi connectivity index (χ4v) is 13.5. The van der Waals surface area contributed by atoms with Gasteiger partial charge in [0, 0.05) is 78.9 Å². The van der Waals surface area contributed by atoms with Crippen LogP contribution in [0.2, 0.25) is 0 Å². The van der Waals surface area contributed by atoms with E-state index >= 15 is 0 Å². The van der Waals surface area contributed by atoms with Crippen LogP contribution in [-0.4, -0.2) is 18.3 Å². The molecule has 4 heterocycles. The van der Waals surface area contributed by atoms with Gasteiger partial charge in [-0.05, 0) is 146 Å². The first kappa shape index (κ1) is 44.9. The molecule has 0 bridgehead atoms. The van der Waals surface area contributed by atoms with Crippen molar-refractivity contribution >= 4 is 215 Å². The Morgan fingerprint density at radius 2 is 0.400 bits per heavy atom. The summed E-state index contributed by atoms with van der Waals surface area (Å²) in [6.07, 6.45) is 0. The first-order valence-corrected chi connectivity index (χ1v) is 27.9. The highest BCUT2D eigenvalue weighted by atomic mass is 79.9. The van der Waals surface area contributed by atoms with Crippen LogP contribution in [0.3, 0.4) is 0 Å². The van der Waals surface area contributed by atoms with Crippen LogP contribution in [0.4, 0.5) is 0 Å². The molecule has 334 valence electrons. The smallest absolute Gasteiger partial charge is 0.103 e. The van der Waals surface area contributed by atoms with Crippen molar-refractivity contribution in [3.63, 3.8) is 0 Å². The molecule has 6 nitrogen and oxygen atoms in total. The van der Waals surface area contributed by atoms with Gasteiger partial charge < -0.3 is 18.3 Å². The predicted molar refractivity (Wildman–Crippen MR) is 315 cm³/mol. The van der Waals surface area contributed by atoms with Crippen molar-refractivity contribution < 1.29 is 0 Å². The molecule has 0 atom stereocenters. The number of hydrogen-bond acceptors (Lipinski definition) is 2. The molecule has 0 fully saturated rings. The summed E-state index contributed by atoms with van der Waals surface area (Å²) in [4.78, 5) is 0. The van der Waals surface area contributed by atoms with Gasteiger partial charge in [-0.1, -0.05) is 127 Å². The first-order chi connectivity index (χ1) is 33.9. The molecule has 0 spiro atoms. The maximum absolute atomic E-state index is 12.1. The molecule has 0 radical (unpaired) electrons. The average Bonchev–Trinajstić information content (AvgIpc) is 4.03. The number of nitriles is 2. The Kier molecular flexibility index (Phi) is 10.8. The van der Waals surface area contributed by atoms with E-state index in [4.69, 9.17) is 0 Å². The lowest BCUT2D eigenvalue weighted by molar-refractivity contribution is 1.01. The minimum absolute atomic E-state index is 0.223. The number of aromatic nitrogens is 4. The van der Waals surface area contributed by atoms with Crippen molar-refractivity contribution in [2.75, 3.05) is 0 Å². The quantitative estimate of drug-likeness (QED) is 0.176. The van der Waals surface area contributed by atoms with Gasteiger partial charge in [0.1, 0.15) is 12.1 Å². The molecule has 13 aromatic rings. The second kappa shape index (κ2) is 16.8. The first-order valence-electron chi connectivity index (χ1n) is 21.5. The number of fused-ring (bicyclic) bond motifs is 12. The predicted octanol–water partition coefficient (Wildman–Crippen LogP) is 19.9. The van der Waals surface area contributed by atoms with E-state index in [2.05, 4.69) is 279 Å². The van der Waals surface area contributed by atoms with E-state index in [0.29, 0.717) is 22.7 Å². The SMILES string of the molecule is N#Cc1c(C#N)c(-n2c3ccc(Br)cc3c3cc(Br)ccc32)c(-n2c3ccc(Br)cc3c3cc(Br)ccc32)c(-n2c3ccc(Br)cc3c3cc(Br)ccc32)c1-n1c2ccc(Br)cc2c2cc(Br)ccc21. The number of benzene rings is 9. The third kappa shape index (κ3) is 6.64. The summed E-state index contributed by atoms with van der Waals surface area (Å²) in [5, 5.41) is 32.2. The number of rotatable bonds is 4. The molecular formula is C56H24Br8N6. The third-order valence-corrected chi connectivity index (χ3v) is 17.2. The zero-order chi connectivity index (χ0) is 48.0. The molecule has 0 amide bonds. The monoisotopic (exact) mass is 1410 g/mol. The lowest BCUT2D eigenvalue weighted by atomic mass is 9.98. The Morgan fingerprint density at radius 3 is 0.557 bits per heavy atom. The second-order valence-corrected chi connectivity index (χ2v) is 24.3. The molecule has 0 aliphatic heterocycles. The summed E-state index contributed by atoms with van der Waals surface area (Å²) >= 11 is 30.5. The number of hydrogen-bond donors (Lipinski definition) is 0. The van der Waals surface area contributed by atoms with Gasteiger partial charge in [0.15, 0.2) is 0 Å². The van der Waals surface area contributed by atoms with E-state index in [1.54, 1.807) is 0 Å². The molecule has 0 unspecified atom stereocenters. The molecule has 0 aliphatic rings. The van der Waals surface area contributed by atoms with Crippen LogP contribution in [0.25, 0.3) is 110 Å². The van der Waals surface area contributed by atoms with Crippen molar-refractivity contribution in [2.24, 2.45) is 0 Å². The fraction of sp³-hybridized carbons (Fsp3) is 0. The van der Waals surface area contributed by atoms with Gasteiger partial charge in [0.05, 0.1) is 78.0 Å². The largest absolute Gasteiger partial charge is 0.306 e. The average molecular weight is 1420 g/mol. The van der Waals surface area contributed by atoms with Crippen LogP contribution in [0.5, 0.6) is 0 Å². The number of nitrogens with zero attached hydrogens (tertiary/aromatic N) is 6. The number of halogens is 8. The summed E-state index contributed by atoms with van der Waals surface area (Å²) < 4.78 is 16.4. The second-order valence-electron chi connectivity index (χ2n) is 17.0. The molecule has 0 aliphatic carbocycles. The Balaban J connectivity index is 1.41. The zero-order valence-corrected chi connectivity index (χ0v) is 48.3. The van der Waals surface area contributed by atoms with Gasteiger partial charge in [-0.2, -0.15) is 10.5 Å². The zero-order valence-electron chi connectivity index (χ0n) is 35.6. The molecule has 70 heavy (non-hydrogen) atoms. The van der Waals surface area contributed by atoms with Crippen LogP contribution in [0.15, 0.2) is 181 Å². The van der Waals surface area contributed by atoms with Crippen molar-refractivity contribution in [1.82, 2.24) is 18.3 Å². The highest BCUT2D eigenvalue weighted by Gasteiger charge is 2.35. The van der Waals surface area contributed by atoms with Gasteiger partial charge in [-0.25, -0.2) is 0 Å². The maximum Gasteiger partial charge on any atom is 0.103 e. The van der Waals surface area contributed by atoms with Gasteiger partial charge in [0.25, 0.3) is 0 Å². The molecule has 13 rings (SSSR count). The highest BCUT2D eigenvalue weighted by molar-refractivity contribution is 9.11. The van der Waals surface area contributed by atoms with E-state index < -0.39 is 0 Å². The molecular weight excluding hydrogens is 1400 g/mol. The summed E-state index contributed by atoms with van der Waals surface area (Å²) in [5.41, 5.74) is 10.1. The molecule has 0 saturated carbocycles. The van der Waals surface area contributed by atoms with Crippen LogP contribution in [0, 0.1) is 22.7 Å². The summed E-state index contributed by atoms with van der Waals surface area (Å²) in [7, 11) is 0. The topological polar surface area (TPSA) is 67.3 Å².